The minimum atomic E-state index is -1.03. The van der Waals surface area contributed by atoms with Crippen molar-refractivity contribution in [3.8, 4) is 0 Å². The Hall–Kier alpha value is -1.58. The molecule has 0 aromatic heterocycles. The van der Waals surface area contributed by atoms with E-state index in [0.29, 0.717) is 12.8 Å². The van der Waals surface area contributed by atoms with E-state index in [1.165, 1.54) is 38.5 Å². The third kappa shape index (κ3) is 19.7. The Kier molecular flexibility index (Phi) is 20.9. The number of rotatable bonds is 21. The van der Waals surface area contributed by atoms with Gasteiger partial charge in [-0.1, -0.05) is 89.5 Å². The Labute approximate surface area is 185 Å². The van der Waals surface area contributed by atoms with Crippen LogP contribution >= 0.6 is 0 Å². The van der Waals surface area contributed by atoms with Gasteiger partial charge in [0.1, 0.15) is 0 Å². The zero-order valence-electron chi connectivity index (χ0n) is 19.6. The Bertz CT molecular complexity index is 468. The summed E-state index contributed by atoms with van der Waals surface area (Å²) in [6, 6.07) is 0. The summed E-state index contributed by atoms with van der Waals surface area (Å²) in [6.07, 6.45) is 25.3. The molecule has 0 aromatic rings. The molecule has 1 N–H and O–H groups in total. The summed E-state index contributed by atoms with van der Waals surface area (Å²) in [7, 11) is 0. The van der Waals surface area contributed by atoms with Crippen molar-refractivity contribution >= 4 is 11.9 Å². The molecule has 0 saturated heterocycles. The summed E-state index contributed by atoms with van der Waals surface area (Å²) < 4.78 is 5.16. The smallest absolute Gasteiger partial charge is 0.345 e. The molecule has 0 bridgehead atoms. The van der Waals surface area contributed by atoms with Crippen LogP contribution in [0, 0.1) is 0 Å². The van der Waals surface area contributed by atoms with Crippen molar-refractivity contribution in [3.63, 3.8) is 0 Å². The first-order chi connectivity index (χ1) is 14.6. The number of carbonyl (C=O) groups is 2. The molecule has 0 rings (SSSR count). The van der Waals surface area contributed by atoms with Gasteiger partial charge < -0.3 is 9.84 Å². The van der Waals surface area contributed by atoms with Crippen molar-refractivity contribution in [2.45, 2.75) is 129 Å². The average Bonchev–Trinajstić information content (AvgIpc) is 2.73. The number of carboxylic acids is 1. The van der Waals surface area contributed by atoms with Gasteiger partial charge in [-0.15, -0.1) is 0 Å². The highest BCUT2D eigenvalue weighted by atomic mass is 16.6. The molecule has 0 saturated carbocycles. The van der Waals surface area contributed by atoms with E-state index in [1.807, 2.05) is 0 Å². The first kappa shape index (κ1) is 28.4. The van der Waals surface area contributed by atoms with Crippen LogP contribution in [0.25, 0.3) is 0 Å². The Morgan fingerprint density at radius 1 is 0.733 bits per heavy atom. The van der Waals surface area contributed by atoms with Gasteiger partial charge in [0.25, 0.3) is 0 Å². The molecule has 30 heavy (non-hydrogen) atoms. The fraction of sp³-hybridized carbons (Fsp3) is 0.769. The quantitative estimate of drug-likeness (QED) is 0.117. The summed E-state index contributed by atoms with van der Waals surface area (Å²) in [5.41, 5.74) is 0. The van der Waals surface area contributed by atoms with Crippen LogP contribution in [0.15, 0.2) is 24.3 Å². The molecular formula is C26H46O4. The molecule has 0 spiro atoms. The van der Waals surface area contributed by atoms with Crippen LogP contribution in [0.3, 0.4) is 0 Å². The predicted octanol–water partition coefficient (Wildman–Crippen LogP) is 7.77. The minimum absolute atomic E-state index is 0.323. The van der Waals surface area contributed by atoms with E-state index in [2.05, 4.69) is 38.2 Å². The Morgan fingerprint density at radius 3 is 1.90 bits per heavy atom. The van der Waals surface area contributed by atoms with E-state index in [0.717, 1.165) is 57.8 Å². The number of unbranched alkanes of at least 4 members (excludes halogenated alkanes) is 11. The molecule has 0 aliphatic carbocycles. The van der Waals surface area contributed by atoms with Crippen molar-refractivity contribution in [2.24, 2.45) is 0 Å². The molecule has 1 unspecified atom stereocenters. The molecule has 0 heterocycles. The van der Waals surface area contributed by atoms with Crippen LogP contribution < -0.4 is 0 Å². The molecular weight excluding hydrogens is 376 g/mol. The number of allylic oxidation sites excluding steroid dienone is 4. The van der Waals surface area contributed by atoms with Crippen LogP contribution in [0.5, 0.6) is 0 Å². The van der Waals surface area contributed by atoms with Gasteiger partial charge in [-0.25, -0.2) is 4.79 Å². The zero-order chi connectivity index (χ0) is 22.3. The third-order valence-electron chi connectivity index (χ3n) is 5.20. The first-order valence-electron chi connectivity index (χ1n) is 12.3. The van der Waals surface area contributed by atoms with Gasteiger partial charge in [-0.05, 0) is 51.4 Å². The number of esters is 1. The van der Waals surface area contributed by atoms with Crippen LogP contribution in [0.2, 0.25) is 0 Å². The Morgan fingerprint density at radius 2 is 1.27 bits per heavy atom. The topological polar surface area (TPSA) is 63.6 Å². The van der Waals surface area contributed by atoms with Crippen molar-refractivity contribution in [1.29, 1.82) is 0 Å². The second-order valence-corrected chi connectivity index (χ2v) is 8.15. The highest BCUT2D eigenvalue weighted by Crippen LogP contribution is 2.12. The Balaban J connectivity index is 3.60. The molecule has 4 nitrogen and oxygen atoms in total. The normalized spacial score (nSPS) is 12.6. The minimum Gasteiger partial charge on any atom is -0.479 e. The van der Waals surface area contributed by atoms with Gasteiger partial charge in [-0.2, -0.15) is 0 Å². The van der Waals surface area contributed by atoms with E-state index < -0.39 is 12.1 Å². The number of hydrogen-bond acceptors (Lipinski definition) is 3. The van der Waals surface area contributed by atoms with E-state index in [9.17, 15) is 14.7 Å². The number of carboxylic acid groups (broad SMARTS) is 1. The summed E-state index contributed by atoms with van der Waals surface area (Å²) in [5.74, 6) is -1.40. The van der Waals surface area contributed by atoms with Gasteiger partial charge in [0.2, 0.25) is 0 Å². The molecule has 4 heteroatoms. The molecule has 0 aliphatic rings. The van der Waals surface area contributed by atoms with Gasteiger partial charge >= 0.3 is 11.9 Å². The number of ether oxygens (including phenoxy) is 1. The zero-order valence-corrected chi connectivity index (χ0v) is 19.6. The van der Waals surface area contributed by atoms with Gasteiger partial charge in [0.15, 0.2) is 6.10 Å². The van der Waals surface area contributed by atoms with Crippen molar-refractivity contribution in [3.05, 3.63) is 24.3 Å². The summed E-state index contributed by atoms with van der Waals surface area (Å²) in [6.45, 7) is 4.34. The maximum atomic E-state index is 11.9. The fourth-order valence-corrected chi connectivity index (χ4v) is 3.29. The number of hydrogen-bond donors (Lipinski definition) is 1. The van der Waals surface area contributed by atoms with Crippen LogP contribution in [-0.2, 0) is 14.3 Å². The van der Waals surface area contributed by atoms with Crippen LogP contribution in [0.4, 0.5) is 0 Å². The van der Waals surface area contributed by atoms with Crippen molar-refractivity contribution < 1.29 is 19.4 Å². The fourth-order valence-electron chi connectivity index (χ4n) is 3.29. The second kappa shape index (κ2) is 22.1. The van der Waals surface area contributed by atoms with E-state index in [-0.39, 0.29) is 5.97 Å². The lowest BCUT2D eigenvalue weighted by Gasteiger charge is -2.13. The lowest BCUT2D eigenvalue weighted by atomic mass is 10.1. The summed E-state index contributed by atoms with van der Waals surface area (Å²) in [5, 5.41) is 9.20. The highest BCUT2D eigenvalue weighted by molar-refractivity contribution is 5.77. The molecule has 0 fully saturated rings. The van der Waals surface area contributed by atoms with Gasteiger partial charge in [-0.3, -0.25) is 4.79 Å². The molecule has 0 aromatic carbocycles. The second-order valence-electron chi connectivity index (χ2n) is 8.15. The maximum absolute atomic E-state index is 11.9. The monoisotopic (exact) mass is 422 g/mol. The van der Waals surface area contributed by atoms with E-state index >= 15 is 0 Å². The largest absolute Gasteiger partial charge is 0.479 e. The molecule has 174 valence electrons. The standard InChI is InChI=1S/C26H46O4/c1-3-5-7-9-10-11-12-13-14-15-16-17-18-19-21-23-25(27)30-24(26(28)29)22-20-8-6-4-2/h10-11,13-14,24H,3-9,12,15-23H2,1-2H3,(H,28,29). The first-order valence-corrected chi connectivity index (χ1v) is 12.3. The van der Waals surface area contributed by atoms with Crippen molar-refractivity contribution in [2.75, 3.05) is 0 Å². The lowest BCUT2D eigenvalue weighted by molar-refractivity contribution is -0.164. The predicted molar refractivity (Wildman–Crippen MR) is 126 cm³/mol. The lowest BCUT2D eigenvalue weighted by Crippen LogP contribution is -2.27. The van der Waals surface area contributed by atoms with Crippen LogP contribution in [-0.4, -0.2) is 23.1 Å². The number of aliphatic carboxylic acids is 1. The molecule has 0 amide bonds. The molecule has 0 aliphatic heterocycles. The van der Waals surface area contributed by atoms with Gasteiger partial charge in [0.05, 0.1) is 0 Å². The average molecular weight is 423 g/mol. The number of carbonyl (C=O) groups excluding carboxylic acids is 1. The summed E-state index contributed by atoms with van der Waals surface area (Å²) in [4.78, 5) is 23.1. The third-order valence-corrected chi connectivity index (χ3v) is 5.20. The maximum Gasteiger partial charge on any atom is 0.345 e. The molecule has 1 atom stereocenters. The SMILES string of the molecule is CCCCCC=CCC=CCCCCCCCC(=O)OC(CCCCCC)C(=O)O. The highest BCUT2D eigenvalue weighted by Gasteiger charge is 2.21. The molecule has 0 radical (unpaired) electrons. The summed E-state index contributed by atoms with van der Waals surface area (Å²) >= 11 is 0. The van der Waals surface area contributed by atoms with E-state index in [4.69, 9.17) is 4.74 Å². The van der Waals surface area contributed by atoms with Crippen LogP contribution in [0.1, 0.15) is 123 Å². The van der Waals surface area contributed by atoms with Crippen molar-refractivity contribution in [1.82, 2.24) is 0 Å². The van der Waals surface area contributed by atoms with E-state index in [1.54, 1.807) is 0 Å². The van der Waals surface area contributed by atoms with Gasteiger partial charge in [0, 0.05) is 6.42 Å².